The third-order valence-corrected chi connectivity index (χ3v) is 5.54. The number of ether oxygens (including phenoxy) is 1. The first kappa shape index (κ1) is 21.0. The van der Waals surface area contributed by atoms with Crippen molar-refractivity contribution in [3.05, 3.63) is 35.4 Å². The van der Waals surface area contributed by atoms with E-state index in [1.165, 1.54) is 12.1 Å². The molecule has 2 heterocycles. The quantitative estimate of drug-likeness (QED) is 0.767. The summed E-state index contributed by atoms with van der Waals surface area (Å²) in [6.45, 7) is 5.40. The molecule has 2 aliphatic rings. The zero-order valence-corrected chi connectivity index (χ0v) is 16.6. The molecule has 1 amide bonds. The molecule has 4 nitrogen and oxygen atoms in total. The maximum Gasteiger partial charge on any atom is 0.416 e. The Kier molecular flexibility index (Phi) is 5.42. The van der Waals surface area contributed by atoms with Crippen molar-refractivity contribution in [2.24, 2.45) is 0 Å². The summed E-state index contributed by atoms with van der Waals surface area (Å²) >= 11 is 0. The lowest BCUT2D eigenvalue weighted by atomic mass is 9.73. The predicted molar refractivity (Wildman–Crippen MR) is 98.8 cm³/mol. The number of carbonyl (C=O) groups is 1. The summed E-state index contributed by atoms with van der Waals surface area (Å²) in [6, 6.07) is 4.96. The Labute approximate surface area is 163 Å². The summed E-state index contributed by atoms with van der Waals surface area (Å²) in [4.78, 5) is 14.4. The van der Waals surface area contributed by atoms with Crippen molar-refractivity contribution >= 4 is 6.09 Å². The van der Waals surface area contributed by atoms with E-state index in [9.17, 15) is 23.1 Å². The van der Waals surface area contributed by atoms with Gasteiger partial charge < -0.3 is 14.7 Å². The van der Waals surface area contributed by atoms with E-state index in [-0.39, 0.29) is 36.9 Å². The number of piperidine rings is 2. The highest BCUT2D eigenvalue weighted by Crippen LogP contribution is 2.43. The van der Waals surface area contributed by atoms with Gasteiger partial charge in [0.05, 0.1) is 11.2 Å². The van der Waals surface area contributed by atoms with E-state index in [2.05, 4.69) is 0 Å². The van der Waals surface area contributed by atoms with Gasteiger partial charge in [0.1, 0.15) is 5.60 Å². The molecule has 2 saturated heterocycles. The van der Waals surface area contributed by atoms with Crippen molar-refractivity contribution < 1.29 is 27.8 Å². The van der Waals surface area contributed by atoms with E-state index >= 15 is 0 Å². The van der Waals surface area contributed by atoms with Gasteiger partial charge in [-0.15, -0.1) is 0 Å². The Morgan fingerprint density at radius 2 is 1.75 bits per heavy atom. The van der Waals surface area contributed by atoms with Crippen molar-refractivity contribution in [1.29, 1.82) is 0 Å². The molecule has 2 aliphatic heterocycles. The fourth-order valence-corrected chi connectivity index (χ4v) is 4.59. The molecule has 2 atom stereocenters. The lowest BCUT2D eigenvalue weighted by Crippen LogP contribution is -2.61. The van der Waals surface area contributed by atoms with Crippen LogP contribution in [-0.2, 0) is 17.3 Å². The van der Waals surface area contributed by atoms with Crippen molar-refractivity contribution in [2.45, 2.75) is 88.8 Å². The molecule has 0 spiro atoms. The van der Waals surface area contributed by atoms with Gasteiger partial charge in [-0.3, -0.25) is 0 Å². The molecule has 2 fully saturated rings. The molecular weight excluding hydrogens is 371 g/mol. The van der Waals surface area contributed by atoms with E-state index in [4.69, 9.17) is 4.74 Å². The number of alkyl halides is 3. The molecule has 156 valence electrons. The van der Waals surface area contributed by atoms with Crippen LogP contribution in [0.5, 0.6) is 0 Å². The van der Waals surface area contributed by atoms with Crippen LogP contribution in [0.2, 0.25) is 0 Å². The van der Waals surface area contributed by atoms with Crippen molar-refractivity contribution in [3.63, 3.8) is 0 Å². The summed E-state index contributed by atoms with van der Waals surface area (Å²) in [5.41, 5.74) is -2.50. The van der Waals surface area contributed by atoms with Crippen LogP contribution in [-0.4, -0.2) is 39.4 Å². The van der Waals surface area contributed by atoms with E-state index < -0.39 is 29.0 Å². The highest BCUT2D eigenvalue weighted by molar-refractivity contribution is 5.69. The number of halogens is 3. The average Bonchev–Trinajstić information content (AvgIpc) is 2.51. The number of rotatable bonds is 2. The van der Waals surface area contributed by atoms with Gasteiger partial charge in [0.25, 0.3) is 0 Å². The molecule has 7 heteroatoms. The zero-order valence-electron chi connectivity index (χ0n) is 16.6. The molecule has 1 aromatic rings. The first-order chi connectivity index (χ1) is 12.9. The van der Waals surface area contributed by atoms with Gasteiger partial charge in [0.15, 0.2) is 0 Å². The van der Waals surface area contributed by atoms with Crippen LogP contribution in [0, 0.1) is 0 Å². The summed E-state index contributed by atoms with van der Waals surface area (Å²) in [7, 11) is 0. The van der Waals surface area contributed by atoms with Crippen LogP contribution in [0.4, 0.5) is 18.0 Å². The van der Waals surface area contributed by atoms with E-state index in [1.807, 2.05) is 0 Å². The minimum absolute atomic E-state index is 0.0716. The Bertz CT molecular complexity index is 712. The van der Waals surface area contributed by atoms with Gasteiger partial charge in [-0.25, -0.2) is 4.79 Å². The summed E-state index contributed by atoms with van der Waals surface area (Å²) in [5.74, 6) is 0. The number of hydrogen-bond acceptors (Lipinski definition) is 3. The second-order valence-corrected chi connectivity index (χ2v) is 9.09. The molecule has 2 bridgehead atoms. The molecule has 0 saturated carbocycles. The maximum absolute atomic E-state index is 13.3. The second-order valence-electron chi connectivity index (χ2n) is 9.09. The fraction of sp³-hybridized carbons (Fsp3) is 0.667. The van der Waals surface area contributed by atoms with Crippen LogP contribution in [0.3, 0.4) is 0 Å². The van der Waals surface area contributed by atoms with Gasteiger partial charge in [0.2, 0.25) is 0 Å². The van der Waals surface area contributed by atoms with Crippen LogP contribution in [0.25, 0.3) is 0 Å². The Morgan fingerprint density at radius 1 is 1.18 bits per heavy atom. The molecular formula is C21H28F3NO3. The number of carbonyl (C=O) groups excluding carboxylic acids is 1. The van der Waals surface area contributed by atoms with Crippen LogP contribution < -0.4 is 0 Å². The van der Waals surface area contributed by atoms with Crippen LogP contribution >= 0.6 is 0 Å². The molecule has 1 N–H and O–H groups in total. The smallest absolute Gasteiger partial charge is 0.416 e. The standard InChI is InChI=1S/C21H28F3NO3/c1-19(2,3)28-18(26)25-15-8-6-9-16(25)13-20(27,12-15)11-14-7-4-5-10-17(14)21(22,23)24/h4-5,7,10,15-16,27H,6,8-9,11-13H2,1-3H3. The highest BCUT2D eigenvalue weighted by Gasteiger charge is 2.49. The second kappa shape index (κ2) is 7.25. The largest absolute Gasteiger partial charge is 0.444 e. The summed E-state index contributed by atoms with van der Waals surface area (Å²) in [6.07, 6.45) is -2.04. The van der Waals surface area contributed by atoms with Gasteiger partial charge in [-0.2, -0.15) is 13.2 Å². The van der Waals surface area contributed by atoms with Gasteiger partial charge in [-0.1, -0.05) is 18.2 Å². The van der Waals surface area contributed by atoms with E-state index in [0.29, 0.717) is 0 Å². The SMILES string of the molecule is CC(C)(C)OC(=O)N1C2CCCC1CC(O)(Cc1ccccc1C(F)(F)F)C2. The van der Waals surface area contributed by atoms with Crippen LogP contribution in [0.15, 0.2) is 24.3 Å². The Morgan fingerprint density at radius 3 is 2.29 bits per heavy atom. The van der Waals surface area contributed by atoms with Gasteiger partial charge >= 0.3 is 12.3 Å². The number of benzene rings is 1. The monoisotopic (exact) mass is 399 g/mol. The van der Waals surface area contributed by atoms with Crippen molar-refractivity contribution in [3.8, 4) is 0 Å². The van der Waals surface area contributed by atoms with E-state index in [0.717, 1.165) is 25.3 Å². The number of hydrogen-bond donors (Lipinski definition) is 1. The molecule has 0 radical (unpaired) electrons. The molecule has 28 heavy (non-hydrogen) atoms. The maximum atomic E-state index is 13.3. The molecule has 0 aliphatic carbocycles. The van der Waals surface area contributed by atoms with Crippen molar-refractivity contribution in [2.75, 3.05) is 0 Å². The first-order valence-electron chi connectivity index (χ1n) is 9.77. The minimum atomic E-state index is -4.46. The third kappa shape index (κ3) is 4.62. The number of fused-ring (bicyclic) bond motifs is 2. The summed E-state index contributed by atoms with van der Waals surface area (Å²) < 4.78 is 45.5. The molecule has 3 rings (SSSR count). The molecule has 0 aromatic heterocycles. The van der Waals surface area contributed by atoms with Crippen LogP contribution in [0.1, 0.15) is 64.0 Å². The summed E-state index contributed by atoms with van der Waals surface area (Å²) in [5, 5.41) is 11.2. The Hall–Kier alpha value is -1.76. The minimum Gasteiger partial charge on any atom is -0.444 e. The topological polar surface area (TPSA) is 49.8 Å². The first-order valence-corrected chi connectivity index (χ1v) is 9.77. The predicted octanol–water partition coefficient (Wildman–Crippen LogP) is 4.93. The number of nitrogens with zero attached hydrogens (tertiary/aromatic N) is 1. The fourth-order valence-electron chi connectivity index (χ4n) is 4.59. The zero-order chi connectivity index (χ0) is 20.7. The number of aliphatic hydroxyl groups is 1. The lowest BCUT2D eigenvalue weighted by Gasteiger charge is -2.52. The normalized spacial score (nSPS) is 28.2. The molecule has 2 unspecified atom stereocenters. The lowest BCUT2D eigenvalue weighted by molar-refractivity contribution is -0.139. The third-order valence-electron chi connectivity index (χ3n) is 5.54. The van der Waals surface area contributed by atoms with Crippen molar-refractivity contribution in [1.82, 2.24) is 4.90 Å². The van der Waals surface area contributed by atoms with Gasteiger partial charge in [0, 0.05) is 18.5 Å². The molecule has 1 aromatic carbocycles. The van der Waals surface area contributed by atoms with E-state index in [1.54, 1.807) is 31.7 Å². The van der Waals surface area contributed by atoms with Gasteiger partial charge in [-0.05, 0) is 64.5 Å². The number of amides is 1. The average molecular weight is 399 g/mol. The Balaban J connectivity index is 1.81. The highest BCUT2D eigenvalue weighted by atomic mass is 19.4.